The van der Waals surface area contributed by atoms with E-state index in [1.807, 2.05) is 0 Å². The van der Waals surface area contributed by atoms with Crippen LogP contribution in [0.3, 0.4) is 0 Å². The third-order valence-corrected chi connectivity index (χ3v) is 11.0. The SMILES string of the molecule is CC(C)(COP(=O)(O)OP(=O)(O)OC[C@H]1OC(n2cnc3c(N)ncnc32)[C@H](O)[C@@H]1OP(=O)(O)O)C(O)C(=O)NCCC(=O)NCCSC(=O)CC(=O)O. The molecule has 0 bridgehead atoms. The lowest BCUT2D eigenvalue weighted by atomic mass is 9.87. The Balaban J connectivity index is 1.51. The molecular formula is C24H38N7O19P3S. The molecule has 0 saturated carbocycles. The number of aromatic nitrogens is 4. The molecule has 0 aliphatic carbocycles. The van der Waals surface area contributed by atoms with E-state index in [4.69, 9.17) is 24.6 Å². The maximum atomic E-state index is 12.6. The number of carboxylic acids is 1. The summed E-state index contributed by atoms with van der Waals surface area (Å²) < 4.78 is 61.8. The van der Waals surface area contributed by atoms with Crippen LogP contribution in [0.25, 0.3) is 11.2 Å². The molecule has 2 amide bonds. The topological polar surface area (TPSA) is 401 Å². The van der Waals surface area contributed by atoms with E-state index >= 15 is 0 Å². The van der Waals surface area contributed by atoms with Crippen LogP contribution in [0.2, 0.25) is 0 Å². The quantitative estimate of drug-likeness (QED) is 0.0374. The number of carbonyl (C=O) groups is 4. The van der Waals surface area contributed by atoms with E-state index in [1.54, 1.807) is 0 Å². The van der Waals surface area contributed by atoms with Crippen molar-refractivity contribution < 1.29 is 90.4 Å². The van der Waals surface area contributed by atoms with Crippen LogP contribution in [-0.4, -0.2) is 134 Å². The monoisotopic (exact) mass is 853 g/mol. The van der Waals surface area contributed by atoms with Crippen molar-refractivity contribution in [1.82, 2.24) is 30.2 Å². The van der Waals surface area contributed by atoms with Crippen molar-refractivity contribution in [3.8, 4) is 0 Å². The summed E-state index contributed by atoms with van der Waals surface area (Å²) in [6.07, 6.45) is -7.78. The number of carbonyl (C=O) groups excluding carboxylic acids is 3. The van der Waals surface area contributed by atoms with Gasteiger partial charge >= 0.3 is 29.4 Å². The van der Waals surface area contributed by atoms with Gasteiger partial charge < -0.3 is 56.0 Å². The number of nitrogen functional groups attached to an aromatic ring is 1. The molecule has 3 heterocycles. The lowest BCUT2D eigenvalue weighted by Gasteiger charge is -2.30. The number of nitrogens with one attached hydrogen (secondary N) is 2. The van der Waals surface area contributed by atoms with E-state index in [0.717, 1.165) is 29.0 Å². The number of hydrogen-bond acceptors (Lipinski definition) is 19. The van der Waals surface area contributed by atoms with Crippen LogP contribution in [0, 0.1) is 5.41 Å². The summed E-state index contributed by atoms with van der Waals surface area (Å²) in [4.78, 5) is 97.0. The highest BCUT2D eigenvalue weighted by molar-refractivity contribution is 8.13. The average molecular weight is 854 g/mol. The Kier molecular flexibility index (Phi) is 15.8. The molecule has 1 aliphatic heterocycles. The predicted molar refractivity (Wildman–Crippen MR) is 179 cm³/mol. The number of aliphatic carboxylic acids is 1. The molecule has 2 aromatic heterocycles. The Hall–Kier alpha value is -2.97. The molecule has 1 fully saturated rings. The highest BCUT2D eigenvalue weighted by Gasteiger charge is 2.50. The number of imidazole rings is 1. The number of thioether (sulfide) groups is 1. The van der Waals surface area contributed by atoms with Crippen LogP contribution < -0.4 is 16.4 Å². The first-order valence-corrected chi connectivity index (χ1v) is 20.7. The minimum Gasteiger partial charge on any atom is -0.481 e. The van der Waals surface area contributed by atoms with Gasteiger partial charge in [-0.25, -0.2) is 28.6 Å². The van der Waals surface area contributed by atoms with Crippen LogP contribution in [-0.2, 0) is 55.5 Å². The number of carboxylic acid groups (broad SMARTS) is 1. The molecule has 54 heavy (non-hydrogen) atoms. The molecule has 2 aromatic rings. The number of nitrogens with two attached hydrogens (primary N) is 1. The van der Waals surface area contributed by atoms with Gasteiger partial charge in [-0.1, -0.05) is 25.6 Å². The molecule has 0 spiro atoms. The van der Waals surface area contributed by atoms with E-state index in [0.29, 0.717) is 0 Å². The maximum Gasteiger partial charge on any atom is 0.481 e. The van der Waals surface area contributed by atoms with E-state index in [1.165, 1.54) is 13.8 Å². The van der Waals surface area contributed by atoms with Gasteiger partial charge in [0.05, 0.1) is 19.5 Å². The van der Waals surface area contributed by atoms with Gasteiger partial charge in [-0.2, -0.15) is 4.31 Å². The molecule has 1 aliphatic rings. The van der Waals surface area contributed by atoms with Crippen LogP contribution in [0.1, 0.15) is 32.9 Å². The number of rotatable bonds is 21. The summed E-state index contributed by atoms with van der Waals surface area (Å²) in [5.74, 6) is -2.80. The largest absolute Gasteiger partial charge is 0.481 e. The summed E-state index contributed by atoms with van der Waals surface area (Å²) in [6.45, 7) is 0.132. The molecule has 304 valence electrons. The Morgan fingerprint density at radius 3 is 2.37 bits per heavy atom. The van der Waals surface area contributed by atoms with Gasteiger partial charge in [-0.3, -0.25) is 37.3 Å². The van der Waals surface area contributed by atoms with E-state index in [2.05, 4.69) is 34.4 Å². The van der Waals surface area contributed by atoms with E-state index in [-0.39, 0.29) is 42.2 Å². The van der Waals surface area contributed by atoms with Crippen molar-refractivity contribution in [3.05, 3.63) is 12.7 Å². The van der Waals surface area contributed by atoms with Crippen LogP contribution in [0.5, 0.6) is 0 Å². The number of ether oxygens (including phenoxy) is 1. The second-order valence-electron chi connectivity index (χ2n) is 11.9. The van der Waals surface area contributed by atoms with Crippen molar-refractivity contribution in [3.63, 3.8) is 0 Å². The molecule has 4 unspecified atom stereocenters. The first kappa shape index (κ1) is 45.4. The zero-order chi connectivity index (χ0) is 40.6. The fraction of sp³-hybridized carbons (Fsp3) is 0.625. The summed E-state index contributed by atoms with van der Waals surface area (Å²) >= 11 is 0.718. The van der Waals surface area contributed by atoms with Crippen LogP contribution >= 0.6 is 35.2 Å². The highest BCUT2D eigenvalue weighted by Crippen LogP contribution is 2.61. The molecule has 11 N–H and O–H groups in total. The number of phosphoric ester groups is 3. The summed E-state index contributed by atoms with van der Waals surface area (Å²) in [5, 5.41) is 34.0. The van der Waals surface area contributed by atoms with Crippen molar-refractivity contribution in [2.75, 3.05) is 37.8 Å². The lowest BCUT2D eigenvalue weighted by Crippen LogP contribution is -2.46. The van der Waals surface area contributed by atoms with Crippen molar-refractivity contribution in [2.45, 2.75) is 57.3 Å². The number of amides is 2. The molecule has 0 aromatic carbocycles. The van der Waals surface area contributed by atoms with Gasteiger partial charge in [0, 0.05) is 30.7 Å². The Morgan fingerprint density at radius 2 is 1.72 bits per heavy atom. The second-order valence-corrected chi connectivity index (χ2v) is 17.2. The molecule has 3 rings (SSSR count). The molecule has 7 atom stereocenters. The Bertz CT molecular complexity index is 1830. The van der Waals surface area contributed by atoms with Crippen molar-refractivity contribution >= 4 is 75.1 Å². The van der Waals surface area contributed by atoms with Gasteiger partial charge in [0.25, 0.3) is 0 Å². The third kappa shape index (κ3) is 13.6. The molecule has 1 saturated heterocycles. The van der Waals surface area contributed by atoms with Crippen LogP contribution in [0.4, 0.5) is 5.82 Å². The normalized spacial score (nSPS) is 21.9. The molecule has 30 heteroatoms. The van der Waals surface area contributed by atoms with Crippen LogP contribution in [0.15, 0.2) is 12.7 Å². The number of anilines is 1. The maximum absolute atomic E-state index is 12.6. The average Bonchev–Trinajstić information content (AvgIpc) is 3.60. The molecular weight excluding hydrogens is 815 g/mol. The standard InChI is InChI=1S/C24H38N7O19P3S/c1-24(2,19(37)22(38)27-4-3-13(32)26-5-6-54-15(35)7-14(33)34)9-47-53(44,45)50-52(42,43)46-8-12-18(49-51(39,40)41)17(36)23(48-12)31-11-30-16-20(25)28-10-29-21(16)31/h10-12,17-19,23,36-37H,3-9H2,1-2H3,(H,26,32)(H,27,38)(H,33,34)(H,42,43)(H,44,45)(H2,25,28,29)(H2,39,40,41)/t12-,17-,18-,19?,23?/m1/s1. The number of aliphatic hydroxyl groups is 2. The van der Waals surface area contributed by atoms with Gasteiger partial charge in [0.2, 0.25) is 11.8 Å². The van der Waals surface area contributed by atoms with Crippen molar-refractivity contribution in [2.24, 2.45) is 5.41 Å². The highest BCUT2D eigenvalue weighted by atomic mass is 32.2. The lowest BCUT2D eigenvalue weighted by molar-refractivity contribution is -0.139. The minimum atomic E-state index is -5.59. The predicted octanol–water partition coefficient (Wildman–Crippen LogP) is -1.86. The zero-order valence-corrected chi connectivity index (χ0v) is 31.6. The first-order valence-electron chi connectivity index (χ1n) is 15.2. The number of aliphatic hydroxyl groups excluding tert-OH is 2. The summed E-state index contributed by atoms with van der Waals surface area (Å²) in [5.41, 5.74) is 4.19. The van der Waals surface area contributed by atoms with E-state index < -0.39 is 102 Å². The summed E-state index contributed by atoms with van der Waals surface area (Å²) in [7, 11) is -16.4. The Labute approximate surface area is 308 Å². The third-order valence-electron chi connectivity index (χ3n) is 7.06. The summed E-state index contributed by atoms with van der Waals surface area (Å²) in [6, 6.07) is 0. The number of hydrogen-bond donors (Lipinski definition) is 10. The Morgan fingerprint density at radius 1 is 1.06 bits per heavy atom. The minimum absolute atomic E-state index is 0.0185. The number of nitrogens with zero attached hydrogens (tertiary/aromatic N) is 4. The fourth-order valence-electron chi connectivity index (χ4n) is 4.47. The number of fused-ring (bicyclic) bond motifs is 1. The van der Waals surface area contributed by atoms with E-state index in [9.17, 15) is 62.7 Å². The fourth-order valence-corrected chi connectivity index (χ4v) is 7.96. The second kappa shape index (κ2) is 18.8. The smallest absolute Gasteiger partial charge is 0.481 e. The number of phosphoric acid groups is 3. The van der Waals surface area contributed by atoms with Gasteiger partial charge in [-0.15, -0.1) is 0 Å². The zero-order valence-electron chi connectivity index (χ0n) is 28.1. The molecule has 0 radical (unpaired) electrons. The van der Waals surface area contributed by atoms with Gasteiger partial charge in [0.15, 0.2) is 22.8 Å². The van der Waals surface area contributed by atoms with Crippen molar-refractivity contribution in [1.29, 1.82) is 0 Å². The first-order chi connectivity index (χ1) is 24.9. The van der Waals surface area contributed by atoms with Gasteiger partial charge in [0.1, 0.15) is 42.7 Å². The van der Waals surface area contributed by atoms with Gasteiger partial charge in [-0.05, 0) is 0 Å². The molecule has 26 nitrogen and oxygen atoms in total.